The molecule has 0 N–H and O–H groups in total. The summed E-state index contributed by atoms with van der Waals surface area (Å²) in [6.45, 7) is 2.58. The molecule has 0 amide bonds. The normalized spacial score (nSPS) is 17.1. The summed E-state index contributed by atoms with van der Waals surface area (Å²) in [7, 11) is 1.36. The molecule has 1 aromatic carbocycles. The fraction of sp³-hybridized carbons (Fsp3) is 0.533. The molecule has 0 radical (unpaired) electrons. The summed E-state index contributed by atoms with van der Waals surface area (Å²) < 4.78 is 32.8. The molecule has 1 aromatic rings. The van der Waals surface area contributed by atoms with Crippen molar-refractivity contribution in [3.63, 3.8) is 0 Å². The van der Waals surface area contributed by atoms with E-state index in [1.807, 2.05) is 0 Å². The van der Waals surface area contributed by atoms with Gasteiger partial charge >= 0.3 is 0 Å². The quantitative estimate of drug-likeness (QED) is 0.621. The molecule has 0 aromatic heterocycles. The van der Waals surface area contributed by atoms with Gasteiger partial charge in [-0.25, -0.2) is 13.6 Å². The predicted molar refractivity (Wildman–Crippen MR) is 70.9 cm³/mol. The van der Waals surface area contributed by atoms with Gasteiger partial charge in [0, 0.05) is 12.5 Å². The van der Waals surface area contributed by atoms with E-state index >= 15 is 0 Å². The van der Waals surface area contributed by atoms with Crippen LogP contribution in [0.5, 0.6) is 5.75 Å². The molecule has 0 aliphatic heterocycles. The van der Waals surface area contributed by atoms with Gasteiger partial charge < -0.3 is 4.74 Å². The zero-order valence-corrected chi connectivity index (χ0v) is 11.8. The first-order chi connectivity index (χ1) is 9.34. The Hall–Kier alpha value is -1.74. The summed E-state index contributed by atoms with van der Waals surface area (Å²) in [6, 6.07) is 3.19. The summed E-state index contributed by atoms with van der Waals surface area (Å²) >= 11 is 0. The summed E-state index contributed by atoms with van der Waals surface area (Å²) in [4.78, 5) is 14.5. The number of isocyanates is 1. The van der Waals surface area contributed by atoms with E-state index in [2.05, 4.69) is 4.99 Å². The predicted octanol–water partition coefficient (Wildman–Crippen LogP) is 3.83. The molecule has 1 aliphatic rings. The minimum atomic E-state index is -3.01. The van der Waals surface area contributed by atoms with Crippen LogP contribution in [0.25, 0.3) is 0 Å². The van der Waals surface area contributed by atoms with Gasteiger partial charge in [-0.3, -0.25) is 0 Å². The first-order valence-corrected chi connectivity index (χ1v) is 6.50. The molecule has 108 valence electrons. The average molecular weight is 281 g/mol. The van der Waals surface area contributed by atoms with Gasteiger partial charge in [-0.1, -0.05) is 5.56 Å². The second-order valence-corrected chi connectivity index (χ2v) is 5.37. The fourth-order valence-electron chi connectivity index (χ4n) is 2.71. The van der Waals surface area contributed by atoms with Gasteiger partial charge in [-0.05, 0) is 38.3 Å². The number of ether oxygens (including phenoxy) is 1. The maximum Gasteiger partial charge on any atom is 0.274 e. The molecule has 0 atom stereocenters. The van der Waals surface area contributed by atoms with Crippen molar-refractivity contribution >= 4 is 6.08 Å². The van der Waals surface area contributed by atoms with Gasteiger partial charge in [0.05, 0.1) is 12.7 Å². The first kappa shape index (κ1) is 14.7. The van der Waals surface area contributed by atoms with Crippen molar-refractivity contribution in [3.05, 3.63) is 28.8 Å². The van der Waals surface area contributed by atoms with Crippen LogP contribution >= 0.6 is 0 Å². The van der Waals surface area contributed by atoms with Crippen LogP contribution in [0.2, 0.25) is 0 Å². The zero-order valence-electron chi connectivity index (χ0n) is 11.8. The Labute approximate surface area is 116 Å². The average Bonchev–Trinajstić information content (AvgIpc) is 2.31. The number of benzene rings is 1. The number of hydrogen-bond acceptors (Lipinski definition) is 3. The maximum atomic E-state index is 13.8. The highest BCUT2D eigenvalue weighted by molar-refractivity contribution is 5.52. The number of alkyl halides is 2. The first-order valence-electron chi connectivity index (χ1n) is 6.50. The van der Waals surface area contributed by atoms with Crippen molar-refractivity contribution in [1.29, 1.82) is 0 Å². The van der Waals surface area contributed by atoms with E-state index in [1.54, 1.807) is 19.1 Å². The van der Waals surface area contributed by atoms with Crippen molar-refractivity contribution in [1.82, 2.24) is 0 Å². The van der Waals surface area contributed by atoms with Crippen molar-refractivity contribution in [2.24, 2.45) is 4.99 Å². The van der Waals surface area contributed by atoms with Crippen molar-refractivity contribution in [2.75, 3.05) is 7.11 Å². The highest BCUT2D eigenvalue weighted by atomic mass is 19.3. The number of methoxy groups -OCH3 is 1. The van der Waals surface area contributed by atoms with E-state index in [4.69, 9.17) is 4.74 Å². The van der Waals surface area contributed by atoms with Crippen molar-refractivity contribution in [2.45, 2.75) is 44.6 Å². The summed E-state index contributed by atoms with van der Waals surface area (Å²) in [5.74, 6) is -2.89. The highest BCUT2D eigenvalue weighted by Gasteiger charge is 2.43. The van der Waals surface area contributed by atoms with Gasteiger partial charge in [0.1, 0.15) is 11.3 Å². The van der Waals surface area contributed by atoms with Crippen LogP contribution in [0.15, 0.2) is 17.1 Å². The van der Waals surface area contributed by atoms with E-state index in [0.717, 1.165) is 13.3 Å². The van der Waals surface area contributed by atoms with E-state index in [9.17, 15) is 13.6 Å². The van der Waals surface area contributed by atoms with Gasteiger partial charge in [0.25, 0.3) is 5.92 Å². The lowest BCUT2D eigenvalue weighted by molar-refractivity contribution is 0.0146. The van der Waals surface area contributed by atoms with Gasteiger partial charge in [0.2, 0.25) is 6.08 Å². The topological polar surface area (TPSA) is 38.7 Å². The standard InChI is InChI=1S/C15H17F2NO2/c1-10-7-11(14(2,16)17)13(20-3)12(8-10)15(18-9-19)5-4-6-15/h7-8H,4-6H2,1-3H3. The Balaban J connectivity index is 2.70. The van der Waals surface area contributed by atoms with Crippen molar-refractivity contribution in [3.8, 4) is 5.75 Å². The Kier molecular flexibility index (Phi) is 3.65. The second-order valence-electron chi connectivity index (χ2n) is 5.37. The Bertz CT molecular complexity index is 568. The monoisotopic (exact) mass is 281 g/mol. The number of aryl methyl sites for hydroxylation is 1. The van der Waals surface area contributed by atoms with E-state index in [-0.39, 0.29) is 11.3 Å². The molecule has 0 saturated heterocycles. The lowest BCUT2D eigenvalue weighted by Gasteiger charge is -2.38. The second kappa shape index (κ2) is 4.98. The summed E-state index contributed by atoms with van der Waals surface area (Å²) in [5, 5.41) is 0. The van der Waals surface area contributed by atoms with Crippen LogP contribution in [0.3, 0.4) is 0 Å². The number of hydrogen-bond donors (Lipinski definition) is 0. The molecule has 2 rings (SSSR count). The molecule has 1 fully saturated rings. The van der Waals surface area contributed by atoms with Crippen LogP contribution in [-0.2, 0) is 16.3 Å². The molecule has 1 saturated carbocycles. The third-order valence-corrected chi connectivity index (χ3v) is 3.85. The lowest BCUT2D eigenvalue weighted by Crippen LogP contribution is -2.33. The summed E-state index contributed by atoms with van der Waals surface area (Å²) in [6.07, 6.45) is 3.77. The van der Waals surface area contributed by atoms with Crippen LogP contribution < -0.4 is 4.74 Å². The van der Waals surface area contributed by atoms with Crippen LogP contribution in [0.4, 0.5) is 8.78 Å². The van der Waals surface area contributed by atoms with E-state index in [1.165, 1.54) is 13.2 Å². The third kappa shape index (κ3) is 2.34. The van der Waals surface area contributed by atoms with Gasteiger partial charge in [0.15, 0.2) is 0 Å². The third-order valence-electron chi connectivity index (χ3n) is 3.85. The fourth-order valence-corrected chi connectivity index (χ4v) is 2.71. The van der Waals surface area contributed by atoms with E-state index < -0.39 is 11.5 Å². The molecule has 20 heavy (non-hydrogen) atoms. The minimum Gasteiger partial charge on any atom is -0.496 e. The highest BCUT2D eigenvalue weighted by Crippen LogP contribution is 2.51. The number of carbonyl (C=O) groups excluding carboxylic acids is 1. The molecule has 0 spiro atoms. The van der Waals surface area contributed by atoms with E-state index in [0.29, 0.717) is 24.0 Å². The van der Waals surface area contributed by atoms with Gasteiger partial charge in [-0.2, -0.15) is 4.99 Å². The number of nitrogens with zero attached hydrogens (tertiary/aromatic N) is 1. The molecule has 0 unspecified atom stereocenters. The van der Waals surface area contributed by atoms with Crippen LogP contribution in [0.1, 0.15) is 42.9 Å². The molecule has 0 bridgehead atoms. The molecule has 0 heterocycles. The van der Waals surface area contributed by atoms with Crippen LogP contribution in [-0.4, -0.2) is 13.2 Å². The molecule has 3 nitrogen and oxygen atoms in total. The summed E-state index contributed by atoms with van der Waals surface area (Å²) in [5.41, 5.74) is 0.345. The SMILES string of the molecule is COc1c(C(C)(F)F)cc(C)cc1C1(N=C=O)CCC1. The van der Waals surface area contributed by atoms with Crippen LogP contribution in [0, 0.1) is 6.92 Å². The minimum absolute atomic E-state index is 0.127. The Morgan fingerprint density at radius 2 is 2.05 bits per heavy atom. The molecule has 1 aliphatic carbocycles. The molecule has 5 heteroatoms. The number of halogens is 2. The Morgan fingerprint density at radius 1 is 1.40 bits per heavy atom. The molecular formula is C15H17F2NO2. The lowest BCUT2D eigenvalue weighted by atomic mass is 9.71. The zero-order chi connectivity index (χ0) is 15.0. The Morgan fingerprint density at radius 3 is 2.45 bits per heavy atom. The maximum absolute atomic E-state index is 13.8. The number of rotatable bonds is 4. The molecular weight excluding hydrogens is 264 g/mol. The number of aliphatic imine (C=N–C) groups is 1. The van der Waals surface area contributed by atoms with Gasteiger partial charge in [-0.15, -0.1) is 0 Å². The smallest absolute Gasteiger partial charge is 0.274 e. The van der Waals surface area contributed by atoms with Crippen molar-refractivity contribution < 1.29 is 18.3 Å². The largest absolute Gasteiger partial charge is 0.496 e.